The molecule has 2 rings (SSSR count). The monoisotopic (exact) mass is 291 g/mol. The van der Waals surface area contributed by atoms with Gasteiger partial charge in [0.05, 0.1) is 0 Å². The predicted octanol–water partition coefficient (Wildman–Crippen LogP) is 2.48. The molecule has 0 radical (unpaired) electrons. The minimum absolute atomic E-state index is 0.293. The van der Waals surface area contributed by atoms with Gasteiger partial charge in [0.15, 0.2) is 0 Å². The van der Waals surface area contributed by atoms with Crippen LogP contribution in [0.2, 0.25) is 0 Å². The number of hydrogen-bond donors (Lipinski definition) is 1. The Morgan fingerprint density at radius 3 is 1.90 bits per heavy atom. The van der Waals surface area contributed by atoms with E-state index in [1.807, 2.05) is 18.8 Å². The Balaban J connectivity index is 0.000000342. The third kappa shape index (κ3) is 7.25. The number of benzene rings is 1. The largest absolute Gasteiger partial charge is 0.344 e. The number of aromatic amines is 1. The van der Waals surface area contributed by atoms with Gasteiger partial charge >= 0.3 is 5.69 Å². The van der Waals surface area contributed by atoms with Crippen LogP contribution in [0, 0.1) is 0 Å². The van der Waals surface area contributed by atoms with E-state index in [-0.39, 0.29) is 0 Å². The molecule has 1 heterocycles. The zero-order valence-corrected chi connectivity index (χ0v) is 13.7. The summed E-state index contributed by atoms with van der Waals surface area (Å²) in [5.41, 5.74) is 0.719. The molecule has 0 saturated carbocycles. The first-order valence-electron chi connectivity index (χ1n) is 6.99. The second-order valence-corrected chi connectivity index (χ2v) is 5.18. The van der Waals surface area contributed by atoms with Gasteiger partial charge in [0.1, 0.15) is 6.20 Å². The standard InChI is InChI=1S/C10H14.C4H5N3O2.C2H6/c1-10(2,3)9-7-5-4-6-8-9;1-7-4(9)6-3(8)2-5-7;1-2/h4-8H,1-3H3;2H,1H3,(H,6,8,9);1-2H3. The average molecular weight is 291 g/mol. The fourth-order valence-corrected chi connectivity index (χ4v) is 1.35. The highest BCUT2D eigenvalue weighted by molar-refractivity contribution is 5.21. The third-order valence-electron chi connectivity index (χ3n) is 2.51. The van der Waals surface area contributed by atoms with Crippen LogP contribution in [0.1, 0.15) is 40.2 Å². The Bertz CT molecular complexity index is 622. The van der Waals surface area contributed by atoms with Crippen LogP contribution in [0.4, 0.5) is 0 Å². The Labute approximate surface area is 125 Å². The maximum Gasteiger partial charge on any atom is 0.344 e. The first kappa shape index (κ1) is 18.8. The summed E-state index contributed by atoms with van der Waals surface area (Å²) in [6.45, 7) is 10.7. The minimum atomic E-state index is -0.498. The SMILES string of the molecule is CC.CC(C)(C)c1ccccc1.Cn1ncc(=O)[nH]c1=O. The van der Waals surface area contributed by atoms with E-state index in [1.165, 1.54) is 12.6 Å². The van der Waals surface area contributed by atoms with Gasteiger partial charge < -0.3 is 0 Å². The number of rotatable bonds is 0. The molecule has 0 atom stereocenters. The molecule has 0 spiro atoms. The normalized spacial score (nSPS) is 9.81. The second kappa shape index (κ2) is 8.89. The van der Waals surface area contributed by atoms with Crippen molar-refractivity contribution in [1.29, 1.82) is 0 Å². The molecule has 0 aliphatic carbocycles. The van der Waals surface area contributed by atoms with E-state index in [0.29, 0.717) is 5.41 Å². The lowest BCUT2D eigenvalue weighted by atomic mass is 9.87. The van der Waals surface area contributed by atoms with Gasteiger partial charge in [0.2, 0.25) is 0 Å². The summed E-state index contributed by atoms with van der Waals surface area (Å²) in [7, 11) is 1.46. The van der Waals surface area contributed by atoms with Crippen molar-refractivity contribution in [3.8, 4) is 0 Å². The van der Waals surface area contributed by atoms with E-state index in [1.54, 1.807) is 0 Å². The molecule has 1 N–H and O–H groups in total. The molecule has 0 unspecified atom stereocenters. The van der Waals surface area contributed by atoms with Gasteiger partial charge in [-0.25, -0.2) is 9.48 Å². The van der Waals surface area contributed by atoms with Crippen LogP contribution in [-0.4, -0.2) is 14.8 Å². The number of nitrogens with one attached hydrogen (secondary N) is 1. The van der Waals surface area contributed by atoms with Crippen molar-refractivity contribution in [2.75, 3.05) is 0 Å². The molecular formula is C16H25N3O2. The molecule has 21 heavy (non-hydrogen) atoms. The fraction of sp³-hybridized carbons (Fsp3) is 0.438. The topological polar surface area (TPSA) is 67.8 Å². The van der Waals surface area contributed by atoms with Crippen LogP contribution in [-0.2, 0) is 12.5 Å². The van der Waals surface area contributed by atoms with Crippen LogP contribution < -0.4 is 11.2 Å². The maximum absolute atomic E-state index is 10.5. The molecule has 5 heteroatoms. The summed E-state index contributed by atoms with van der Waals surface area (Å²) in [5.74, 6) is 0. The van der Waals surface area contributed by atoms with Gasteiger partial charge in [0, 0.05) is 7.05 Å². The molecule has 0 aliphatic heterocycles. The van der Waals surface area contributed by atoms with Gasteiger partial charge in [-0.2, -0.15) is 5.10 Å². The van der Waals surface area contributed by atoms with Crippen LogP contribution in [0.15, 0.2) is 46.1 Å². The lowest BCUT2D eigenvalue weighted by Gasteiger charge is -2.18. The number of H-pyrrole nitrogens is 1. The quantitative estimate of drug-likeness (QED) is 0.810. The van der Waals surface area contributed by atoms with Crippen molar-refractivity contribution in [2.24, 2.45) is 7.05 Å². The number of aryl methyl sites for hydroxylation is 1. The highest BCUT2D eigenvalue weighted by Crippen LogP contribution is 2.20. The van der Waals surface area contributed by atoms with E-state index >= 15 is 0 Å². The number of nitrogens with zero attached hydrogens (tertiary/aromatic N) is 2. The summed E-state index contributed by atoms with van der Waals surface area (Å²) >= 11 is 0. The molecule has 2 aromatic rings. The minimum Gasteiger partial charge on any atom is -0.271 e. The van der Waals surface area contributed by atoms with Crippen LogP contribution in [0.5, 0.6) is 0 Å². The number of aromatic nitrogens is 3. The Morgan fingerprint density at radius 2 is 1.57 bits per heavy atom. The Morgan fingerprint density at radius 1 is 1.05 bits per heavy atom. The van der Waals surface area contributed by atoms with Crippen molar-refractivity contribution in [1.82, 2.24) is 14.8 Å². The maximum atomic E-state index is 10.5. The Kier molecular flexibility index (Phi) is 7.97. The van der Waals surface area contributed by atoms with Gasteiger partial charge in [-0.05, 0) is 11.0 Å². The summed E-state index contributed by atoms with van der Waals surface area (Å²) in [4.78, 5) is 22.8. The first-order chi connectivity index (χ1) is 9.80. The van der Waals surface area contributed by atoms with Gasteiger partial charge in [-0.15, -0.1) is 0 Å². The number of hydrogen-bond acceptors (Lipinski definition) is 3. The summed E-state index contributed by atoms with van der Waals surface area (Å²) < 4.78 is 1.04. The fourth-order valence-electron chi connectivity index (χ4n) is 1.35. The molecule has 1 aromatic carbocycles. The van der Waals surface area contributed by atoms with Crippen molar-refractivity contribution in [3.63, 3.8) is 0 Å². The lowest BCUT2D eigenvalue weighted by Crippen LogP contribution is -2.29. The van der Waals surface area contributed by atoms with Gasteiger partial charge in [-0.3, -0.25) is 9.78 Å². The van der Waals surface area contributed by atoms with Crippen molar-refractivity contribution >= 4 is 0 Å². The van der Waals surface area contributed by atoms with E-state index in [4.69, 9.17) is 0 Å². The van der Waals surface area contributed by atoms with Crippen molar-refractivity contribution in [2.45, 2.75) is 40.0 Å². The average Bonchev–Trinajstić information content (AvgIpc) is 2.46. The second-order valence-electron chi connectivity index (χ2n) is 5.18. The molecule has 0 amide bonds. The molecule has 0 bridgehead atoms. The summed E-state index contributed by atoms with van der Waals surface area (Å²) in [6, 6.07) is 10.6. The third-order valence-corrected chi connectivity index (χ3v) is 2.51. The van der Waals surface area contributed by atoms with E-state index in [0.717, 1.165) is 10.9 Å². The molecule has 0 fully saturated rings. The van der Waals surface area contributed by atoms with Crippen LogP contribution in [0.25, 0.3) is 0 Å². The lowest BCUT2D eigenvalue weighted by molar-refractivity contribution is 0.590. The van der Waals surface area contributed by atoms with Gasteiger partial charge in [0.25, 0.3) is 5.56 Å². The highest BCUT2D eigenvalue weighted by atomic mass is 16.2. The molecule has 1 aromatic heterocycles. The van der Waals surface area contributed by atoms with Gasteiger partial charge in [-0.1, -0.05) is 65.0 Å². The zero-order valence-electron chi connectivity index (χ0n) is 13.7. The molecular weight excluding hydrogens is 266 g/mol. The molecule has 0 aliphatic rings. The highest BCUT2D eigenvalue weighted by Gasteiger charge is 2.11. The predicted molar refractivity (Wildman–Crippen MR) is 86.6 cm³/mol. The molecule has 5 nitrogen and oxygen atoms in total. The van der Waals surface area contributed by atoms with Crippen LogP contribution >= 0.6 is 0 Å². The Hall–Kier alpha value is -2.17. The van der Waals surface area contributed by atoms with Crippen LogP contribution in [0.3, 0.4) is 0 Å². The van der Waals surface area contributed by atoms with Crippen molar-refractivity contribution < 1.29 is 0 Å². The molecule has 0 saturated heterocycles. The molecule has 116 valence electrons. The smallest absolute Gasteiger partial charge is 0.271 e. The summed E-state index contributed by atoms with van der Waals surface area (Å²) in [5, 5.41) is 3.44. The summed E-state index contributed by atoms with van der Waals surface area (Å²) in [6.07, 6.45) is 1.04. The first-order valence-corrected chi connectivity index (χ1v) is 6.99. The van der Waals surface area contributed by atoms with Crippen molar-refractivity contribution in [3.05, 3.63) is 62.9 Å². The van der Waals surface area contributed by atoms with E-state index < -0.39 is 11.2 Å². The van der Waals surface area contributed by atoms with E-state index in [2.05, 4.69) is 56.2 Å². The van der Waals surface area contributed by atoms with E-state index in [9.17, 15) is 9.59 Å². The zero-order chi connectivity index (χ0) is 16.5.